The van der Waals surface area contributed by atoms with Gasteiger partial charge in [-0.1, -0.05) is 135 Å². The van der Waals surface area contributed by atoms with E-state index < -0.39 is 30.5 Å². The molecule has 0 unspecified atom stereocenters. The van der Waals surface area contributed by atoms with Gasteiger partial charge >= 0.3 is 98.8 Å². The quantitative estimate of drug-likeness (QED) is 0.110. The maximum atomic E-state index is 8.25. The second kappa shape index (κ2) is 42.6. The molecule has 0 amide bonds. The van der Waals surface area contributed by atoms with Crippen LogP contribution < -0.4 is 0 Å². The summed E-state index contributed by atoms with van der Waals surface area (Å²) in [6, 6.07) is 26.9. The van der Waals surface area contributed by atoms with E-state index in [0.717, 1.165) is 120 Å². The van der Waals surface area contributed by atoms with Gasteiger partial charge in [-0.05, 0) is 99.9 Å². The number of aromatic nitrogens is 16. The first-order valence-electron chi connectivity index (χ1n) is 33.2. The van der Waals surface area contributed by atoms with Gasteiger partial charge in [0.1, 0.15) is 22.8 Å². The van der Waals surface area contributed by atoms with E-state index in [1.807, 2.05) is 72.8 Å². The summed E-state index contributed by atoms with van der Waals surface area (Å²) in [6.45, 7) is 38.5. The largest absolute Gasteiger partial charge is 3.00 e. The Hall–Kier alpha value is -10.0. The summed E-state index contributed by atoms with van der Waals surface area (Å²) in [7, 11) is 0. The van der Waals surface area contributed by atoms with Crippen molar-refractivity contribution >= 4 is 0 Å². The summed E-state index contributed by atoms with van der Waals surface area (Å²) in [4.78, 5) is 89.2. The molecule has 112 heavy (non-hydrogen) atoms. The van der Waals surface area contributed by atoms with Crippen LogP contribution in [0.2, 0.25) is 0 Å². The molecule has 0 radical (unpaired) electrons. The number of fused-ring (bicyclic) bond motifs is 4. The van der Waals surface area contributed by atoms with Crippen LogP contribution in [0, 0.1) is 213 Å². The zero-order valence-electron chi connectivity index (χ0n) is 64.4. The van der Waals surface area contributed by atoms with Crippen LogP contribution >= 0.6 is 0 Å². The van der Waals surface area contributed by atoms with Crippen molar-refractivity contribution in [1.29, 1.82) is 10.5 Å². The number of nitrogens with zero attached hydrogens (tertiary/aromatic N) is 24. The molecule has 0 aromatic carbocycles. The molecule has 42 nitrogen and oxygen atoms in total. The molecule has 0 saturated heterocycles. The van der Waals surface area contributed by atoms with Crippen molar-refractivity contribution in [2.75, 3.05) is 0 Å². The fraction of sp³-hybridized carbons (Fsp3) is 0.500. The van der Waals surface area contributed by atoms with Gasteiger partial charge in [0.05, 0.1) is 111 Å². The molecule has 0 aliphatic heterocycles. The van der Waals surface area contributed by atoms with Crippen LogP contribution in [0.4, 0.5) is 0 Å². The van der Waals surface area contributed by atoms with Crippen LogP contribution in [-0.2, 0) is 43.3 Å². The molecular formula is C68H82Eu2N24O18. The van der Waals surface area contributed by atoms with Gasteiger partial charge in [0.15, 0.2) is 0 Å². The molecule has 8 aromatic rings. The number of rotatable bonds is 6. The monoisotopic (exact) mass is 1830 g/mol. The standard InChI is InChI=1S/2C32H38N8.2C2H3N.2Eu.6NO3/c2*1-29(2)15-17-31(5,6)25-23(29)35-27(39-37-25)21-13-9-11-19(33-21)20-12-10-14-22(34-20)28-36-24-26(38-40-28)32(7,8)18-16-30(24,3)4;2*1-2-3;;;6*2-1(3)4/h2*9-14H,15-18H2,1-8H3;2*1H3;;;;;;;;/q;;;;2*+3;6*-1. The fourth-order valence-electron chi connectivity index (χ4n) is 11.7. The summed E-state index contributed by atoms with van der Waals surface area (Å²) in [5, 5.41) is 140. The first-order chi connectivity index (χ1) is 50.8. The van der Waals surface area contributed by atoms with E-state index in [0.29, 0.717) is 46.1 Å². The van der Waals surface area contributed by atoms with Crippen molar-refractivity contribution in [1.82, 2.24) is 80.7 Å². The Kier molecular flexibility index (Phi) is 38.0. The average Bonchev–Trinajstić information content (AvgIpc) is 0.770. The topological polar surface area (TPSA) is 651 Å². The number of nitriles is 2. The van der Waals surface area contributed by atoms with Crippen molar-refractivity contribution in [3.63, 3.8) is 0 Å². The van der Waals surface area contributed by atoms with Gasteiger partial charge in [-0.25, -0.2) is 39.9 Å². The van der Waals surface area contributed by atoms with E-state index in [1.54, 1.807) is 12.1 Å². The third kappa shape index (κ3) is 29.6. The average molecular weight is 1830 g/mol. The Morgan fingerprint density at radius 1 is 0.250 bits per heavy atom. The van der Waals surface area contributed by atoms with Gasteiger partial charge < -0.3 is 91.9 Å². The van der Waals surface area contributed by atoms with E-state index in [4.69, 9.17) is 142 Å². The Labute approximate surface area is 724 Å². The Morgan fingerprint density at radius 3 is 0.500 bits per heavy atom. The smallest absolute Gasteiger partial charge is 0.356 e. The van der Waals surface area contributed by atoms with Gasteiger partial charge in [-0.15, -0.1) is 20.4 Å². The molecule has 4 aliphatic rings. The molecule has 4 aliphatic carbocycles. The molecule has 8 aromatic heterocycles. The number of hydrogen-bond donors (Lipinski definition) is 0. The predicted octanol–water partition coefficient (Wildman–Crippen LogP) is 12.7. The van der Waals surface area contributed by atoms with Crippen molar-refractivity contribution in [3.05, 3.63) is 210 Å². The third-order valence-corrected chi connectivity index (χ3v) is 17.8. The Balaban J connectivity index is 0.000000814. The van der Waals surface area contributed by atoms with Crippen molar-refractivity contribution in [3.8, 4) is 81.0 Å². The van der Waals surface area contributed by atoms with E-state index in [-0.39, 0.29) is 142 Å². The van der Waals surface area contributed by atoms with Crippen molar-refractivity contribution in [2.24, 2.45) is 0 Å². The molecule has 44 heteroatoms. The van der Waals surface area contributed by atoms with Crippen molar-refractivity contribution in [2.45, 2.75) is 219 Å². The molecule has 0 saturated carbocycles. The maximum absolute atomic E-state index is 8.25. The zero-order valence-corrected chi connectivity index (χ0v) is 69.3. The van der Waals surface area contributed by atoms with Gasteiger partial charge in [0, 0.05) is 57.2 Å². The minimum absolute atomic E-state index is 0. The minimum Gasteiger partial charge on any atom is -0.356 e. The van der Waals surface area contributed by atoms with Gasteiger partial charge in [0.2, 0.25) is 23.3 Å². The van der Waals surface area contributed by atoms with E-state index in [2.05, 4.69) is 152 Å². The Bertz CT molecular complexity index is 4080. The number of hydrogen-bond acceptors (Lipinski definition) is 36. The van der Waals surface area contributed by atoms with E-state index in [1.165, 1.54) is 13.8 Å². The third-order valence-electron chi connectivity index (χ3n) is 17.8. The predicted molar refractivity (Wildman–Crippen MR) is 396 cm³/mol. The molecule has 8 heterocycles. The van der Waals surface area contributed by atoms with Gasteiger partial charge in [-0.3, -0.25) is 0 Å². The van der Waals surface area contributed by atoms with Crippen LogP contribution in [0.5, 0.6) is 0 Å². The molecular weight excluding hydrogens is 1740 g/mol. The molecule has 0 bridgehead atoms. The SMILES string of the molecule is CC#N.CC#N.CC1(C)CCC(C)(C)c2nc(-c3cccc(-c4cccc(-c5nnc6c(n5)C(C)(C)CCC6(C)C)n4)n3)nnc21.CC1(C)CCC(C)(C)c2nc(-c3cccc(-c4cccc(-c5nnc6c(n5)C(C)(C)CCC6(C)C)n4)n3)nnc21.O=[N+]([O-])[O-].O=[N+]([O-])[O-].O=[N+]([O-])[O-].O=[N+]([O-])[O-].O=[N+]([O-])[O-].O=[N+]([O-])[O-].[Eu+3].[Eu+3]. The van der Waals surface area contributed by atoms with Crippen LogP contribution in [0.1, 0.15) is 222 Å². The van der Waals surface area contributed by atoms with Crippen LogP contribution in [0.3, 0.4) is 0 Å². The van der Waals surface area contributed by atoms with E-state index >= 15 is 0 Å². The molecule has 596 valence electrons. The molecule has 0 atom stereocenters. The van der Waals surface area contributed by atoms with Gasteiger partial charge in [0.25, 0.3) is 0 Å². The molecule has 0 N–H and O–H groups in total. The molecule has 0 spiro atoms. The summed E-state index contributed by atoms with van der Waals surface area (Å²) in [6.07, 6.45) is 8.50. The number of pyridine rings is 4. The Morgan fingerprint density at radius 2 is 0.366 bits per heavy atom. The molecule has 12 rings (SSSR count). The minimum atomic E-state index is -1.75. The summed E-state index contributed by atoms with van der Waals surface area (Å²) < 4.78 is 0. The van der Waals surface area contributed by atoms with Crippen LogP contribution in [0.25, 0.3) is 68.8 Å². The second-order valence-electron chi connectivity index (χ2n) is 29.8. The van der Waals surface area contributed by atoms with Crippen molar-refractivity contribution < 1.29 is 129 Å². The zero-order chi connectivity index (χ0) is 83.9. The van der Waals surface area contributed by atoms with Crippen LogP contribution in [0.15, 0.2) is 72.8 Å². The second-order valence-corrected chi connectivity index (χ2v) is 29.8. The normalized spacial score (nSPS) is 15.6. The van der Waals surface area contributed by atoms with Crippen LogP contribution in [-0.4, -0.2) is 111 Å². The van der Waals surface area contributed by atoms with Gasteiger partial charge in [-0.2, -0.15) is 30.9 Å². The maximum Gasteiger partial charge on any atom is 3.00 e. The fourth-order valence-corrected chi connectivity index (χ4v) is 11.7. The summed E-state index contributed by atoms with van der Waals surface area (Å²) in [5.41, 5.74) is 13.2. The summed E-state index contributed by atoms with van der Waals surface area (Å²) in [5.74, 6) is 2.15. The first kappa shape index (κ1) is 100.0. The summed E-state index contributed by atoms with van der Waals surface area (Å²) >= 11 is 0. The first-order valence-corrected chi connectivity index (χ1v) is 33.2. The van der Waals surface area contributed by atoms with E-state index in [9.17, 15) is 0 Å². The molecule has 0 fully saturated rings.